The zero-order valence-electron chi connectivity index (χ0n) is 16.3. The minimum absolute atomic E-state index is 0.0658. The number of nitrogen functional groups attached to an aromatic ring is 1. The molecule has 1 aromatic heterocycles. The lowest BCUT2D eigenvalue weighted by atomic mass is 9.89. The van der Waals surface area contributed by atoms with E-state index in [-0.39, 0.29) is 5.56 Å². The van der Waals surface area contributed by atoms with Crippen molar-refractivity contribution in [2.45, 2.75) is 18.8 Å². The van der Waals surface area contributed by atoms with Crippen LogP contribution in [0.25, 0.3) is 16.6 Å². The molecule has 6 heteroatoms. The van der Waals surface area contributed by atoms with Crippen LogP contribution >= 0.6 is 0 Å². The van der Waals surface area contributed by atoms with Crippen molar-refractivity contribution < 1.29 is 0 Å². The molecule has 0 atom stereocenters. The monoisotopic (exact) mass is 375 g/mol. The quantitative estimate of drug-likeness (QED) is 0.564. The first-order chi connectivity index (χ1) is 13.6. The van der Waals surface area contributed by atoms with Gasteiger partial charge in [0.05, 0.1) is 16.6 Å². The molecule has 6 nitrogen and oxygen atoms in total. The van der Waals surface area contributed by atoms with Crippen LogP contribution in [0.15, 0.2) is 52.5 Å². The van der Waals surface area contributed by atoms with Crippen LogP contribution in [-0.2, 0) is 0 Å². The van der Waals surface area contributed by atoms with Gasteiger partial charge in [-0.2, -0.15) is 0 Å². The first kappa shape index (κ1) is 18.4. The molecule has 1 fully saturated rings. The molecule has 2 heterocycles. The second kappa shape index (κ2) is 7.56. The zero-order valence-corrected chi connectivity index (χ0v) is 16.3. The summed E-state index contributed by atoms with van der Waals surface area (Å²) in [5.41, 5.74) is 10.0. The molecule has 1 saturated heterocycles. The maximum atomic E-state index is 13.2. The van der Waals surface area contributed by atoms with E-state index >= 15 is 0 Å². The highest BCUT2D eigenvalue weighted by Gasteiger charge is 2.19. The number of nitrogens with two attached hydrogens (primary N) is 1. The van der Waals surface area contributed by atoms with Crippen molar-refractivity contribution in [1.82, 2.24) is 14.5 Å². The van der Waals surface area contributed by atoms with E-state index in [0.29, 0.717) is 17.0 Å². The summed E-state index contributed by atoms with van der Waals surface area (Å²) in [5.74, 6) is 0.498. The lowest BCUT2D eigenvalue weighted by Gasteiger charge is -2.29. The van der Waals surface area contributed by atoms with E-state index in [0.717, 1.165) is 42.7 Å². The lowest BCUT2D eigenvalue weighted by Crippen LogP contribution is -2.29. The molecule has 2 N–H and O–H groups in total. The molecule has 1 aliphatic heterocycles. The number of aliphatic imine (C=N–C) groups is 1. The fraction of sp³-hybridized carbons (Fsp3) is 0.318. The molecule has 144 valence electrons. The first-order valence-corrected chi connectivity index (χ1v) is 9.59. The second-order valence-electron chi connectivity index (χ2n) is 7.47. The summed E-state index contributed by atoms with van der Waals surface area (Å²) in [4.78, 5) is 24.1. The normalized spacial score (nSPS) is 16.2. The third kappa shape index (κ3) is 3.43. The third-order valence-corrected chi connectivity index (χ3v) is 5.59. The summed E-state index contributed by atoms with van der Waals surface area (Å²) in [6.45, 7) is 2.18. The average molecular weight is 375 g/mol. The van der Waals surface area contributed by atoms with Crippen molar-refractivity contribution in [2.24, 2.45) is 4.99 Å². The van der Waals surface area contributed by atoms with Crippen molar-refractivity contribution >= 4 is 22.8 Å². The molecular weight excluding hydrogens is 350 g/mol. The molecule has 0 saturated carbocycles. The van der Waals surface area contributed by atoms with Crippen LogP contribution in [0, 0.1) is 0 Å². The van der Waals surface area contributed by atoms with Crippen molar-refractivity contribution in [3.05, 3.63) is 64.2 Å². The van der Waals surface area contributed by atoms with E-state index in [1.165, 1.54) is 5.56 Å². The number of fused-ring (bicyclic) bond motifs is 1. The number of anilines is 1. The van der Waals surface area contributed by atoms with Crippen molar-refractivity contribution in [3.8, 4) is 5.69 Å². The van der Waals surface area contributed by atoms with Crippen molar-refractivity contribution in [2.75, 3.05) is 32.9 Å². The Bertz CT molecular complexity index is 1090. The molecular formula is C22H25N5O. The molecule has 0 aliphatic carbocycles. The van der Waals surface area contributed by atoms with Crippen LogP contribution < -0.4 is 11.3 Å². The van der Waals surface area contributed by atoms with E-state index in [4.69, 9.17) is 5.73 Å². The Hall–Kier alpha value is -2.99. The number of rotatable bonds is 3. The van der Waals surface area contributed by atoms with Crippen LogP contribution in [0.3, 0.4) is 0 Å². The molecule has 4 rings (SSSR count). The number of benzene rings is 2. The van der Waals surface area contributed by atoms with Crippen LogP contribution in [0.2, 0.25) is 0 Å². The Labute approximate surface area is 164 Å². The van der Waals surface area contributed by atoms with Crippen LogP contribution in [-0.4, -0.2) is 47.9 Å². The SMILES string of the molecule is CN=Cc1cc(-n2cnc3ccc(C4CCN(C)CC4)cc3c2=O)ccc1N. The molecule has 3 aromatic rings. The summed E-state index contributed by atoms with van der Waals surface area (Å²) < 4.78 is 1.58. The van der Waals surface area contributed by atoms with E-state index < -0.39 is 0 Å². The van der Waals surface area contributed by atoms with Gasteiger partial charge in [-0.3, -0.25) is 14.4 Å². The summed E-state index contributed by atoms with van der Waals surface area (Å²) in [5, 5.41) is 0.654. The minimum atomic E-state index is -0.0658. The number of piperidine rings is 1. The van der Waals surface area contributed by atoms with Gasteiger partial charge in [0, 0.05) is 24.5 Å². The van der Waals surface area contributed by atoms with Gasteiger partial charge in [0.2, 0.25) is 0 Å². The Balaban J connectivity index is 1.78. The van der Waals surface area contributed by atoms with Gasteiger partial charge in [-0.15, -0.1) is 0 Å². The largest absolute Gasteiger partial charge is 0.398 e. The molecule has 0 bridgehead atoms. The maximum absolute atomic E-state index is 13.2. The van der Waals surface area contributed by atoms with E-state index in [9.17, 15) is 4.79 Å². The number of hydrogen-bond acceptors (Lipinski definition) is 5. The minimum Gasteiger partial charge on any atom is -0.398 e. The Kier molecular flexibility index (Phi) is 4.96. The molecule has 28 heavy (non-hydrogen) atoms. The number of hydrogen-bond donors (Lipinski definition) is 1. The number of nitrogens with zero attached hydrogens (tertiary/aromatic N) is 4. The van der Waals surface area contributed by atoms with Gasteiger partial charge in [0.25, 0.3) is 5.56 Å². The van der Waals surface area contributed by atoms with Crippen LogP contribution in [0.5, 0.6) is 0 Å². The topological polar surface area (TPSA) is 76.5 Å². The van der Waals surface area contributed by atoms with Gasteiger partial charge in [-0.05, 0) is 74.8 Å². The standard InChI is InChI=1S/C22H25N5O/c1-24-13-17-11-18(4-5-20(17)23)27-14-25-21-6-3-16(12-19(21)22(27)28)15-7-9-26(2)10-8-15/h3-6,11-15H,7-10,23H2,1-2H3. The highest BCUT2D eigenvalue weighted by Crippen LogP contribution is 2.28. The number of likely N-dealkylation sites (tertiary alicyclic amines) is 1. The highest BCUT2D eigenvalue weighted by atomic mass is 16.1. The zero-order chi connectivity index (χ0) is 19.7. The fourth-order valence-corrected chi connectivity index (χ4v) is 3.88. The molecule has 0 radical (unpaired) electrons. The Morgan fingerprint density at radius 2 is 1.96 bits per heavy atom. The van der Waals surface area contributed by atoms with Gasteiger partial charge < -0.3 is 10.6 Å². The summed E-state index contributed by atoms with van der Waals surface area (Å²) in [7, 11) is 3.85. The van der Waals surface area contributed by atoms with Crippen LogP contribution in [0.4, 0.5) is 5.69 Å². The average Bonchev–Trinajstić information content (AvgIpc) is 2.71. The van der Waals surface area contributed by atoms with Gasteiger partial charge in [-0.1, -0.05) is 6.07 Å². The van der Waals surface area contributed by atoms with E-state index in [2.05, 4.69) is 28.0 Å². The summed E-state index contributed by atoms with van der Waals surface area (Å²) >= 11 is 0. The molecule has 0 amide bonds. The van der Waals surface area contributed by atoms with Gasteiger partial charge in [0.1, 0.15) is 6.33 Å². The van der Waals surface area contributed by atoms with Gasteiger partial charge >= 0.3 is 0 Å². The van der Waals surface area contributed by atoms with Crippen molar-refractivity contribution in [3.63, 3.8) is 0 Å². The predicted octanol–water partition coefficient (Wildman–Crippen LogP) is 2.83. The van der Waals surface area contributed by atoms with Gasteiger partial charge in [0.15, 0.2) is 0 Å². The highest BCUT2D eigenvalue weighted by molar-refractivity contribution is 5.88. The smallest absolute Gasteiger partial charge is 0.265 e. The first-order valence-electron chi connectivity index (χ1n) is 9.59. The Morgan fingerprint density at radius 1 is 1.18 bits per heavy atom. The fourth-order valence-electron chi connectivity index (χ4n) is 3.88. The molecule has 0 spiro atoms. The summed E-state index contributed by atoms with van der Waals surface area (Å²) in [6, 6.07) is 11.6. The number of aromatic nitrogens is 2. The van der Waals surface area contributed by atoms with Crippen LogP contribution in [0.1, 0.15) is 29.9 Å². The Morgan fingerprint density at radius 3 is 2.71 bits per heavy atom. The third-order valence-electron chi connectivity index (χ3n) is 5.59. The summed E-state index contributed by atoms with van der Waals surface area (Å²) in [6.07, 6.45) is 5.51. The van der Waals surface area contributed by atoms with E-state index in [1.807, 2.05) is 24.3 Å². The van der Waals surface area contributed by atoms with E-state index in [1.54, 1.807) is 30.2 Å². The lowest BCUT2D eigenvalue weighted by molar-refractivity contribution is 0.255. The van der Waals surface area contributed by atoms with Crippen molar-refractivity contribution in [1.29, 1.82) is 0 Å². The van der Waals surface area contributed by atoms with Gasteiger partial charge in [-0.25, -0.2) is 4.98 Å². The molecule has 0 unspecified atom stereocenters. The second-order valence-corrected chi connectivity index (χ2v) is 7.47. The molecule has 1 aliphatic rings. The maximum Gasteiger partial charge on any atom is 0.265 e. The predicted molar refractivity (Wildman–Crippen MR) is 115 cm³/mol. The molecule has 2 aromatic carbocycles.